The molecule has 2 amide bonds. The summed E-state index contributed by atoms with van der Waals surface area (Å²) in [6.07, 6.45) is 0.299. The zero-order valence-electron chi connectivity index (χ0n) is 23.4. The van der Waals surface area contributed by atoms with Gasteiger partial charge in [-0.15, -0.1) is 0 Å². The van der Waals surface area contributed by atoms with E-state index in [1.807, 2.05) is 20.8 Å². The molecule has 0 bridgehead atoms. The van der Waals surface area contributed by atoms with Gasteiger partial charge in [0.15, 0.2) is 0 Å². The van der Waals surface area contributed by atoms with Gasteiger partial charge < -0.3 is 10.2 Å². The Morgan fingerprint density at radius 2 is 1.56 bits per heavy atom. The Morgan fingerprint density at radius 3 is 2.15 bits per heavy atom. The zero-order chi connectivity index (χ0) is 30.3. The van der Waals surface area contributed by atoms with Crippen molar-refractivity contribution < 1.29 is 18.0 Å². The van der Waals surface area contributed by atoms with Gasteiger partial charge in [0.25, 0.3) is 10.0 Å². The van der Waals surface area contributed by atoms with E-state index in [-0.39, 0.29) is 34.0 Å². The van der Waals surface area contributed by atoms with Crippen molar-refractivity contribution in [2.24, 2.45) is 5.92 Å². The number of halogens is 3. The van der Waals surface area contributed by atoms with Crippen LogP contribution in [-0.4, -0.2) is 44.3 Å². The fraction of sp³-hybridized carbons (Fsp3) is 0.333. The van der Waals surface area contributed by atoms with Gasteiger partial charge >= 0.3 is 0 Å². The maximum absolute atomic E-state index is 14.1. The van der Waals surface area contributed by atoms with E-state index >= 15 is 0 Å². The van der Waals surface area contributed by atoms with Crippen molar-refractivity contribution in [1.82, 2.24) is 10.2 Å². The number of hydrogen-bond acceptors (Lipinski definition) is 4. The lowest BCUT2D eigenvalue weighted by atomic mass is 10.1. The number of aryl methyl sites for hydroxylation is 1. The van der Waals surface area contributed by atoms with Crippen LogP contribution in [0.5, 0.6) is 0 Å². The van der Waals surface area contributed by atoms with Gasteiger partial charge in [0, 0.05) is 13.1 Å². The van der Waals surface area contributed by atoms with Gasteiger partial charge in [0.1, 0.15) is 12.6 Å². The van der Waals surface area contributed by atoms with Crippen LogP contribution >= 0.6 is 34.8 Å². The van der Waals surface area contributed by atoms with Gasteiger partial charge in [-0.1, -0.05) is 91.5 Å². The Kier molecular flexibility index (Phi) is 11.5. The number of hydrogen-bond donors (Lipinski definition) is 1. The minimum atomic E-state index is -4.22. The van der Waals surface area contributed by atoms with Crippen molar-refractivity contribution in [3.05, 3.63) is 92.9 Å². The predicted octanol–water partition coefficient (Wildman–Crippen LogP) is 6.73. The second-order valence-electron chi connectivity index (χ2n) is 10.1. The SMILES string of the molecule is CC[C@H](C(=O)NCC(C)C)N(Cc1ccc(Cl)c(Cl)c1)C(=O)CN(c1ccccc1Cl)S(=O)(=O)c1ccc(C)cc1. The second-order valence-corrected chi connectivity index (χ2v) is 13.2. The number of anilines is 1. The molecule has 0 saturated heterocycles. The summed E-state index contributed by atoms with van der Waals surface area (Å²) in [6.45, 7) is 7.43. The smallest absolute Gasteiger partial charge is 0.264 e. The van der Waals surface area contributed by atoms with Crippen LogP contribution in [0.4, 0.5) is 5.69 Å². The van der Waals surface area contributed by atoms with Crippen molar-refractivity contribution >= 4 is 62.3 Å². The van der Waals surface area contributed by atoms with E-state index in [1.165, 1.54) is 23.1 Å². The number of carbonyl (C=O) groups excluding carboxylic acids is 2. The number of rotatable bonds is 12. The monoisotopic (exact) mass is 637 g/mol. The van der Waals surface area contributed by atoms with Crippen molar-refractivity contribution in [3.63, 3.8) is 0 Å². The van der Waals surface area contributed by atoms with Crippen LogP contribution in [0.1, 0.15) is 38.3 Å². The van der Waals surface area contributed by atoms with E-state index in [9.17, 15) is 18.0 Å². The normalized spacial score (nSPS) is 12.2. The molecule has 0 fully saturated rings. The largest absolute Gasteiger partial charge is 0.354 e. The van der Waals surface area contributed by atoms with Crippen LogP contribution in [0.2, 0.25) is 15.1 Å². The molecule has 0 aromatic heterocycles. The molecule has 1 N–H and O–H groups in total. The third-order valence-electron chi connectivity index (χ3n) is 6.42. The van der Waals surface area contributed by atoms with Gasteiger partial charge in [0.2, 0.25) is 11.8 Å². The summed E-state index contributed by atoms with van der Waals surface area (Å²) in [6, 6.07) is 16.8. The van der Waals surface area contributed by atoms with E-state index < -0.39 is 28.5 Å². The first-order valence-corrected chi connectivity index (χ1v) is 15.8. The van der Waals surface area contributed by atoms with E-state index in [0.717, 1.165) is 9.87 Å². The van der Waals surface area contributed by atoms with Gasteiger partial charge in [-0.25, -0.2) is 8.42 Å². The number of para-hydroxylation sites is 1. The van der Waals surface area contributed by atoms with Crippen LogP contribution in [0.3, 0.4) is 0 Å². The van der Waals surface area contributed by atoms with E-state index in [4.69, 9.17) is 34.8 Å². The standard InChI is InChI=1S/C30H34Cl3N3O4S/c1-5-27(30(38)34-17-20(2)3)35(18-22-12-15-24(31)26(33)16-22)29(37)19-36(28-9-7-6-8-25(28)32)41(39,40)23-13-10-21(4)11-14-23/h6-16,20,27H,5,17-19H2,1-4H3,(H,34,38)/t27-/m1/s1. The minimum Gasteiger partial charge on any atom is -0.354 e. The molecule has 0 unspecified atom stereocenters. The third-order valence-corrected chi connectivity index (χ3v) is 9.25. The topological polar surface area (TPSA) is 86.8 Å². The highest BCUT2D eigenvalue weighted by atomic mass is 35.5. The Labute approximate surface area is 257 Å². The van der Waals surface area contributed by atoms with Crippen molar-refractivity contribution in [3.8, 4) is 0 Å². The van der Waals surface area contributed by atoms with Gasteiger partial charge in [-0.2, -0.15) is 0 Å². The molecule has 0 saturated carbocycles. The van der Waals surface area contributed by atoms with Crippen LogP contribution in [-0.2, 0) is 26.2 Å². The summed E-state index contributed by atoms with van der Waals surface area (Å²) in [7, 11) is -4.22. The number of sulfonamides is 1. The van der Waals surface area contributed by atoms with Crippen LogP contribution in [0, 0.1) is 12.8 Å². The van der Waals surface area contributed by atoms with Crippen molar-refractivity contribution in [2.45, 2.75) is 51.6 Å². The molecule has 7 nitrogen and oxygen atoms in total. The van der Waals surface area contributed by atoms with E-state index in [0.29, 0.717) is 28.6 Å². The van der Waals surface area contributed by atoms with Crippen molar-refractivity contribution in [1.29, 1.82) is 0 Å². The number of nitrogens with one attached hydrogen (secondary N) is 1. The fourth-order valence-electron chi connectivity index (χ4n) is 4.18. The molecule has 0 aliphatic rings. The van der Waals surface area contributed by atoms with Gasteiger partial charge in [-0.3, -0.25) is 13.9 Å². The first-order chi connectivity index (χ1) is 19.3. The summed E-state index contributed by atoms with van der Waals surface area (Å²) >= 11 is 18.8. The Morgan fingerprint density at radius 1 is 0.902 bits per heavy atom. The summed E-state index contributed by atoms with van der Waals surface area (Å²) in [5, 5.41) is 3.71. The highest BCUT2D eigenvalue weighted by molar-refractivity contribution is 7.92. The second kappa shape index (κ2) is 14.4. The molecule has 3 aromatic rings. The van der Waals surface area contributed by atoms with E-state index in [1.54, 1.807) is 55.5 Å². The van der Waals surface area contributed by atoms with Crippen LogP contribution in [0.15, 0.2) is 71.6 Å². The lowest BCUT2D eigenvalue weighted by Gasteiger charge is -2.33. The molecule has 0 radical (unpaired) electrons. The maximum Gasteiger partial charge on any atom is 0.264 e. The van der Waals surface area contributed by atoms with Crippen molar-refractivity contribution in [2.75, 3.05) is 17.4 Å². The molecule has 11 heteroatoms. The Hall–Kier alpha value is -2.78. The number of carbonyl (C=O) groups is 2. The first kappa shape index (κ1) is 32.7. The molecule has 0 aliphatic heterocycles. The zero-order valence-corrected chi connectivity index (χ0v) is 26.5. The van der Waals surface area contributed by atoms with Gasteiger partial charge in [-0.05, 0) is 61.2 Å². The van der Waals surface area contributed by atoms with E-state index in [2.05, 4.69) is 5.32 Å². The highest BCUT2D eigenvalue weighted by Crippen LogP contribution is 2.31. The summed E-state index contributed by atoms with van der Waals surface area (Å²) in [5.41, 5.74) is 1.67. The molecule has 41 heavy (non-hydrogen) atoms. The molecule has 3 aromatic carbocycles. The molecule has 0 spiro atoms. The summed E-state index contributed by atoms with van der Waals surface area (Å²) in [5.74, 6) is -0.718. The molecular formula is C30H34Cl3N3O4S. The highest BCUT2D eigenvalue weighted by Gasteiger charge is 2.34. The predicted molar refractivity (Wildman–Crippen MR) is 166 cm³/mol. The average Bonchev–Trinajstić information content (AvgIpc) is 2.93. The van der Waals surface area contributed by atoms with Crippen LogP contribution in [0.25, 0.3) is 0 Å². The minimum absolute atomic E-state index is 0.00423. The number of nitrogens with zero attached hydrogens (tertiary/aromatic N) is 2. The Bertz CT molecular complexity index is 1480. The van der Waals surface area contributed by atoms with Crippen LogP contribution < -0.4 is 9.62 Å². The number of amides is 2. The Balaban J connectivity index is 2.07. The average molecular weight is 639 g/mol. The lowest BCUT2D eigenvalue weighted by Crippen LogP contribution is -2.52. The molecule has 3 rings (SSSR count). The molecule has 1 atom stereocenters. The maximum atomic E-state index is 14.1. The molecular weight excluding hydrogens is 605 g/mol. The summed E-state index contributed by atoms with van der Waals surface area (Å²) in [4.78, 5) is 28.8. The third kappa shape index (κ3) is 8.38. The number of benzene rings is 3. The van der Waals surface area contributed by atoms with Gasteiger partial charge in [0.05, 0.1) is 25.7 Å². The quantitative estimate of drug-likeness (QED) is 0.238. The lowest BCUT2D eigenvalue weighted by molar-refractivity contribution is -0.140. The first-order valence-electron chi connectivity index (χ1n) is 13.2. The fourth-order valence-corrected chi connectivity index (χ4v) is 6.22. The molecule has 0 aliphatic carbocycles. The molecule has 0 heterocycles. The summed E-state index contributed by atoms with van der Waals surface area (Å²) < 4.78 is 28.9. The molecule has 220 valence electrons.